The molecule has 4 nitrogen and oxygen atoms in total. The van der Waals surface area contributed by atoms with Crippen LogP contribution in [0.25, 0.3) is 0 Å². The van der Waals surface area contributed by atoms with Gasteiger partial charge in [0.05, 0.1) is 11.3 Å². The Morgan fingerprint density at radius 2 is 2.14 bits per heavy atom. The molecule has 0 saturated heterocycles. The van der Waals surface area contributed by atoms with E-state index in [9.17, 15) is 9.18 Å². The van der Waals surface area contributed by atoms with Gasteiger partial charge in [-0.3, -0.25) is 9.78 Å². The number of pyridine rings is 1. The maximum atomic E-state index is 13.2. The molecular formula is C16H18FN3O. The van der Waals surface area contributed by atoms with Crippen LogP contribution in [0.5, 0.6) is 0 Å². The summed E-state index contributed by atoms with van der Waals surface area (Å²) in [6.07, 6.45) is 1.56. The van der Waals surface area contributed by atoms with Gasteiger partial charge in [-0.25, -0.2) is 4.39 Å². The van der Waals surface area contributed by atoms with Crippen LogP contribution in [0, 0.1) is 12.7 Å². The van der Waals surface area contributed by atoms with Gasteiger partial charge in [0.1, 0.15) is 5.82 Å². The average molecular weight is 287 g/mol. The summed E-state index contributed by atoms with van der Waals surface area (Å²) in [5, 5.41) is 3.00. The molecule has 1 amide bonds. The number of carbonyl (C=O) groups is 1. The topological polar surface area (TPSA) is 45.2 Å². The van der Waals surface area contributed by atoms with Gasteiger partial charge in [0.25, 0.3) is 5.91 Å². The van der Waals surface area contributed by atoms with Gasteiger partial charge in [-0.05, 0) is 30.7 Å². The standard InChI is InChI=1S/C16H18FN3O/c1-11-7-15(18-2)14(9-19-11)16(21)20(3)10-12-5-4-6-13(17)8-12/h4-9H,10H2,1-3H3,(H,18,19). The van der Waals surface area contributed by atoms with E-state index in [-0.39, 0.29) is 11.7 Å². The molecule has 1 N–H and O–H groups in total. The van der Waals surface area contributed by atoms with Crippen molar-refractivity contribution in [3.63, 3.8) is 0 Å². The minimum atomic E-state index is -0.304. The molecule has 5 heteroatoms. The molecule has 0 aliphatic rings. The SMILES string of the molecule is CNc1cc(C)ncc1C(=O)N(C)Cc1cccc(F)c1. The van der Waals surface area contributed by atoms with E-state index in [0.29, 0.717) is 12.1 Å². The second kappa shape index (κ2) is 6.35. The third kappa shape index (κ3) is 3.56. The Balaban J connectivity index is 2.19. The highest BCUT2D eigenvalue weighted by Gasteiger charge is 2.16. The molecule has 0 aliphatic carbocycles. The van der Waals surface area contributed by atoms with Gasteiger partial charge in [-0.2, -0.15) is 0 Å². The number of anilines is 1. The van der Waals surface area contributed by atoms with Crippen molar-refractivity contribution in [2.24, 2.45) is 0 Å². The van der Waals surface area contributed by atoms with Crippen LogP contribution in [0.1, 0.15) is 21.6 Å². The fraction of sp³-hybridized carbons (Fsp3) is 0.250. The molecule has 21 heavy (non-hydrogen) atoms. The number of aryl methyl sites for hydroxylation is 1. The van der Waals surface area contributed by atoms with Crippen LogP contribution in [0.15, 0.2) is 36.5 Å². The van der Waals surface area contributed by atoms with Crippen molar-refractivity contribution in [1.82, 2.24) is 9.88 Å². The van der Waals surface area contributed by atoms with E-state index in [1.165, 1.54) is 12.1 Å². The summed E-state index contributed by atoms with van der Waals surface area (Å²) in [7, 11) is 3.45. The lowest BCUT2D eigenvalue weighted by Gasteiger charge is -2.19. The number of nitrogens with one attached hydrogen (secondary N) is 1. The Morgan fingerprint density at radius 3 is 2.81 bits per heavy atom. The van der Waals surface area contributed by atoms with Crippen LogP contribution in [0.4, 0.5) is 10.1 Å². The maximum Gasteiger partial charge on any atom is 0.257 e. The van der Waals surface area contributed by atoms with Crippen molar-refractivity contribution < 1.29 is 9.18 Å². The molecule has 110 valence electrons. The number of benzene rings is 1. The lowest BCUT2D eigenvalue weighted by Crippen LogP contribution is -2.27. The van der Waals surface area contributed by atoms with Crippen molar-refractivity contribution in [3.05, 3.63) is 59.2 Å². The minimum absolute atomic E-state index is 0.156. The predicted octanol–water partition coefficient (Wildman–Crippen LogP) is 2.84. The Bertz CT molecular complexity index is 658. The summed E-state index contributed by atoms with van der Waals surface area (Å²) in [5.41, 5.74) is 2.82. The molecule has 1 aromatic carbocycles. The molecule has 2 rings (SSSR count). The Kier molecular flexibility index (Phi) is 4.52. The Labute approximate surface area is 123 Å². The normalized spacial score (nSPS) is 10.3. The van der Waals surface area contributed by atoms with E-state index >= 15 is 0 Å². The number of halogens is 1. The van der Waals surface area contributed by atoms with Gasteiger partial charge in [0.2, 0.25) is 0 Å². The molecule has 0 bridgehead atoms. The molecule has 0 spiro atoms. The minimum Gasteiger partial charge on any atom is -0.387 e. The molecule has 0 atom stereocenters. The van der Waals surface area contributed by atoms with Crippen LogP contribution in [0.2, 0.25) is 0 Å². The summed E-state index contributed by atoms with van der Waals surface area (Å²) < 4.78 is 13.2. The number of amides is 1. The average Bonchev–Trinajstić information content (AvgIpc) is 2.46. The predicted molar refractivity (Wildman–Crippen MR) is 80.7 cm³/mol. The van der Waals surface area contributed by atoms with E-state index < -0.39 is 0 Å². The summed E-state index contributed by atoms with van der Waals surface area (Å²) in [4.78, 5) is 18.2. The first-order chi connectivity index (χ1) is 10.0. The smallest absolute Gasteiger partial charge is 0.257 e. The fourth-order valence-electron chi connectivity index (χ4n) is 2.12. The Hall–Kier alpha value is -2.43. The Morgan fingerprint density at radius 1 is 1.38 bits per heavy atom. The second-order valence-corrected chi connectivity index (χ2v) is 4.91. The highest BCUT2D eigenvalue weighted by molar-refractivity contribution is 5.99. The highest BCUT2D eigenvalue weighted by atomic mass is 19.1. The molecule has 0 saturated carbocycles. The van der Waals surface area contributed by atoms with Crippen molar-refractivity contribution in [1.29, 1.82) is 0 Å². The van der Waals surface area contributed by atoms with E-state index in [1.54, 1.807) is 37.3 Å². The highest BCUT2D eigenvalue weighted by Crippen LogP contribution is 2.18. The van der Waals surface area contributed by atoms with Crippen LogP contribution in [-0.4, -0.2) is 29.9 Å². The summed E-state index contributed by atoms with van der Waals surface area (Å²) in [6, 6.07) is 8.06. The number of nitrogens with zero attached hydrogens (tertiary/aromatic N) is 2. The number of hydrogen-bond donors (Lipinski definition) is 1. The monoisotopic (exact) mass is 287 g/mol. The summed E-state index contributed by atoms with van der Waals surface area (Å²) >= 11 is 0. The fourth-order valence-corrected chi connectivity index (χ4v) is 2.12. The zero-order valence-electron chi connectivity index (χ0n) is 12.4. The van der Waals surface area contributed by atoms with Gasteiger partial charge >= 0.3 is 0 Å². The first-order valence-electron chi connectivity index (χ1n) is 6.65. The largest absolute Gasteiger partial charge is 0.387 e. The molecule has 0 fully saturated rings. The van der Waals surface area contributed by atoms with Crippen molar-refractivity contribution in [2.45, 2.75) is 13.5 Å². The molecule has 0 radical (unpaired) electrons. The lowest BCUT2D eigenvalue weighted by molar-refractivity contribution is 0.0785. The van der Waals surface area contributed by atoms with Crippen molar-refractivity contribution in [3.8, 4) is 0 Å². The van der Waals surface area contributed by atoms with E-state index in [0.717, 1.165) is 16.9 Å². The first kappa shape index (κ1) is 15.0. The second-order valence-electron chi connectivity index (χ2n) is 4.91. The van der Waals surface area contributed by atoms with Gasteiger partial charge in [-0.1, -0.05) is 12.1 Å². The third-order valence-corrected chi connectivity index (χ3v) is 3.20. The van der Waals surface area contributed by atoms with Gasteiger partial charge in [-0.15, -0.1) is 0 Å². The van der Waals surface area contributed by atoms with Crippen LogP contribution >= 0.6 is 0 Å². The molecule has 1 aromatic heterocycles. The number of carbonyl (C=O) groups excluding carboxylic acids is 1. The molecule has 1 heterocycles. The summed E-state index contributed by atoms with van der Waals surface area (Å²) in [5.74, 6) is -0.461. The van der Waals surface area contributed by atoms with Gasteiger partial charge in [0, 0.05) is 32.5 Å². The number of rotatable bonds is 4. The number of aromatic nitrogens is 1. The van der Waals surface area contributed by atoms with E-state index in [2.05, 4.69) is 10.3 Å². The van der Waals surface area contributed by atoms with Crippen molar-refractivity contribution in [2.75, 3.05) is 19.4 Å². The third-order valence-electron chi connectivity index (χ3n) is 3.20. The van der Waals surface area contributed by atoms with E-state index in [1.807, 2.05) is 13.0 Å². The van der Waals surface area contributed by atoms with Gasteiger partial charge < -0.3 is 10.2 Å². The van der Waals surface area contributed by atoms with Crippen molar-refractivity contribution >= 4 is 11.6 Å². The zero-order valence-corrected chi connectivity index (χ0v) is 12.4. The van der Waals surface area contributed by atoms with Crippen LogP contribution in [-0.2, 0) is 6.54 Å². The van der Waals surface area contributed by atoms with Crippen LogP contribution < -0.4 is 5.32 Å². The molecule has 0 unspecified atom stereocenters. The summed E-state index contributed by atoms with van der Waals surface area (Å²) in [6.45, 7) is 2.21. The quantitative estimate of drug-likeness (QED) is 0.940. The van der Waals surface area contributed by atoms with Crippen LogP contribution in [0.3, 0.4) is 0 Å². The molecular weight excluding hydrogens is 269 g/mol. The zero-order chi connectivity index (χ0) is 15.4. The molecule has 0 aliphatic heterocycles. The maximum absolute atomic E-state index is 13.2. The van der Waals surface area contributed by atoms with Gasteiger partial charge in [0.15, 0.2) is 0 Å². The number of hydrogen-bond acceptors (Lipinski definition) is 3. The molecule has 2 aromatic rings. The first-order valence-corrected chi connectivity index (χ1v) is 6.65. The lowest BCUT2D eigenvalue weighted by atomic mass is 10.1. The van der Waals surface area contributed by atoms with E-state index in [4.69, 9.17) is 0 Å².